The Balaban J connectivity index is 1.86. The van der Waals surface area contributed by atoms with Crippen molar-refractivity contribution < 1.29 is 4.79 Å². The van der Waals surface area contributed by atoms with Gasteiger partial charge in [-0.2, -0.15) is 0 Å². The number of rotatable bonds is 1. The van der Waals surface area contributed by atoms with Gasteiger partial charge >= 0.3 is 0 Å². The van der Waals surface area contributed by atoms with Crippen LogP contribution in [0.15, 0.2) is 40.9 Å². The van der Waals surface area contributed by atoms with E-state index in [2.05, 4.69) is 28.9 Å². The predicted molar refractivity (Wildman–Crippen MR) is 91.0 cm³/mol. The Morgan fingerprint density at radius 3 is 2.71 bits per heavy atom. The minimum absolute atomic E-state index is 0.0547. The summed E-state index contributed by atoms with van der Waals surface area (Å²) in [5.41, 5.74) is 0.739. The Morgan fingerprint density at radius 2 is 1.95 bits per heavy atom. The predicted octanol–water partition coefficient (Wildman–Crippen LogP) is 4.69. The van der Waals surface area contributed by atoms with E-state index in [1.54, 1.807) is 0 Å². The number of hydrogen-bond donors (Lipinski definition) is 0. The molecule has 2 aromatic rings. The number of amides is 1. The molecule has 2 nitrogen and oxygen atoms in total. The zero-order chi connectivity index (χ0) is 15.0. The van der Waals surface area contributed by atoms with Crippen LogP contribution in [0.5, 0.6) is 0 Å². The molecule has 2 atom stereocenters. The first-order chi connectivity index (χ1) is 10.0. The summed E-state index contributed by atoms with van der Waals surface area (Å²) in [7, 11) is 0. The SMILES string of the molecule is CC1CCN(C(=O)c2ccc3cc(Br)ccc3c2)CC1Cl. The third-order valence-corrected chi connectivity index (χ3v) is 5.26. The first kappa shape index (κ1) is 14.9. The summed E-state index contributed by atoms with van der Waals surface area (Å²) < 4.78 is 1.05. The van der Waals surface area contributed by atoms with Gasteiger partial charge in [0, 0.05) is 23.1 Å². The fourth-order valence-corrected chi connectivity index (χ4v) is 3.41. The molecule has 21 heavy (non-hydrogen) atoms. The number of carbonyl (C=O) groups excluding carboxylic acids is 1. The maximum Gasteiger partial charge on any atom is 0.253 e. The molecule has 0 aromatic heterocycles. The summed E-state index contributed by atoms with van der Waals surface area (Å²) in [5.74, 6) is 0.557. The van der Waals surface area contributed by atoms with Crippen LogP contribution in [-0.2, 0) is 0 Å². The molecule has 0 radical (unpaired) electrons. The summed E-state index contributed by atoms with van der Waals surface area (Å²) in [6, 6.07) is 11.9. The molecule has 2 aromatic carbocycles. The van der Waals surface area contributed by atoms with Crippen molar-refractivity contribution in [2.45, 2.75) is 18.7 Å². The van der Waals surface area contributed by atoms with E-state index in [0.717, 1.165) is 33.8 Å². The lowest BCUT2D eigenvalue weighted by atomic mass is 9.97. The molecule has 4 heteroatoms. The lowest BCUT2D eigenvalue weighted by Crippen LogP contribution is -2.43. The average molecular weight is 367 g/mol. The number of nitrogens with zero attached hydrogens (tertiary/aromatic N) is 1. The van der Waals surface area contributed by atoms with Crippen molar-refractivity contribution in [3.63, 3.8) is 0 Å². The van der Waals surface area contributed by atoms with E-state index in [-0.39, 0.29) is 11.3 Å². The second-order valence-corrected chi connectivity index (χ2v) is 7.22. The minimum atomic E-state index is 0.0547. The van der Waals surface area contributed by atoms with E-state index in [9.17, 15) is 4.79 Å². The number of alkyl halides is 1. The van der Waals surface area contributed by atoms with Crippen molar-refractivity contribution in [1.82, 2.24) is 4.90 Å². The van der Waals surface area contributed by atoms with E-state index in [0.29, 0.717) is 12.5 Å². The normalized spacial score (nSPS) is 22.5. The van der Waals surface area contributed by atoms with E-state index >= 15 is 0 Å². The van der Waals surface area contributed by atoms with Gasteiger partial charge in [0.1, 0.15) is 0 Å². The van der Waals surface area contributed by atoms with Crippen LogP contribution in [-0.4, -0.2) is 29.3 Å². The Labute approximate surface area is 138 Å². The topological polar surface area (TPSA) is 20.3 Å². The van der Waals surface area contributed by atoms with Gasteiger partial charge in [-0.3, -0.25) is 4.79 Å². The number of hydrogen-bond acceptors (Lipinski definition) is 1. The van der Waals surface area contributed by atoms with Crippen molar-refractivity contribution in [1.29, 1.82) is 0 Å². The molecule has 1 fully saturated rings. The summed E-state index contributed by atoms with van der Waals surface area (Å²) in [6.45, 7) is 3.58. The Hall–Kier alpha value is -1.06. The van der Waals surface area contributed by atoms with Crippen LogP contribution in [0, 0.1) is 5.92 Å². The van der Waals surface area contributed by atoms with Gasteiger partial charge in [0.15, 0.2) is 0 Å². The fraction of sp³-hybridized carbons (Fsp3) is 0.353. The molecule has 0 spiro atoms. The first-order valence-electron chi connectivity index (χ1n) is 7.17. The van der Waals surface area contributed by atoms with Crippen molar-refractivity contribution >= 4 is 44.2 Å². The summed E-state index contributed by atoms with van der Waals surface area (Å²) >= 11 is 9.77. The van der Waals surface area contributed by atoms with E-state index < -0.39 is 0 Å². The highest BCUT2D eigenvalue weighted by Gasteiger charge is 2.27. The van der Waals surface area contributed by atoms with Crippen molar-refractivity contribution in [2.24, 2.45) is 5.92 Å². The van der Waals surface area contributed by atoms with Crippen molar-refractivity contribution in [3.05, 3.63) is 46.4 Å². The second kappa shape index (κ2) is 5.98. The summed E-state index contributed by atoms with van der Waals surface area (Å²) in [6.07, 6.45) is 0.973. The van der Waals surface area contributed by atoms with E-state index in [1.807, 2.05) is 35.2 Å². The molecule has 1 amide bonds. The molecular weight excluding hydrogens is 350 g/mol. The molecule has 1 aliphatic rings. The molecule has 1 aliphatic heterocycles. The number of piperidine rings is 1. The van der Waals surface area contributed by atoms with Gasteiger partial charge in [-0.15, -0.1) is 11.6 Å². The summed E-state index contributed by atoms with van der Waals surface area (Å²) in [5, 5.41) is 2.26. The third kappa shape index (κ3) is 3.09. The van der Waals surface area contributed by atoms with Crippen LogP contribution in [0.4, 0.5) is 0 Å². The highest BCUT2D eigenvalue weighted by Crippen LogP contribution is 2.25. The highest BCUT2D eigenvalue weighted by molar-refractivity contribution is 9.10. The van der Waals surface area contributed by atoms with Crippen LogP contribution in [0.2, 0.25) is 0 Å². The van der Waals surface area contributed by atoms with Gasteiger partial charge in [-0.1, -0.05) is 35.0 Å². The first-order valence-corrected chi connectivity index (χ1v) is 8.40. The lowest BCUT2D eigenvalue weighted by molar-refractivity contribution is 0.0701. The molecule has 0 bridgehead atoms. The van der Waals surface area contributed by atoms with Crippen LogP contribution in [0.3, 0.4) is 0 Å². The maximum absolute atomic E-state index is 12.6. The van der Waals surface area contributed by atoms with Gasteiger partial charge in [0.2, 0.25) is 0 Å². The lowest BCUT2D eigenvalue weighted by Gasteiger charge is -2.34. The third-order valence-electron chi connectivity index (χ3n) is 4.20. The number of carbonyl (C=O) groups is 1. The van der Waals surface area contributed by atoms with E-state index in [4.69, 9.17) is 11.6 Å². The second-order valence-electron chi connectivity index (χ2n) is 5.74. The maximum atomic E-state index is 12.6. The number of benzene rings is 2. The molecule has 0 aliphatic carbocycles. The molecule has 0 N–H and O–H groups in total. The number of likely N-dealkylation sites (tertiary alicyclic amines) is 1. The van der Waals surface area contributed by atoms with Crippen molar-refractivity contribution in [3.8, 4) is 0 Å². The van der Waals surface area contributed by atoms with Crippen LogP contribution >= 0.6 is 27.5 Å². The van der Waals surface area contributed by atoms with Gasteiger partial charge in [0.05, 0.1) is 5.38 Å². The van der Waals surface area contributed by atoms with Gasteiger partial charge < -0.3 is 4.90 Å². The molecule has 3 rings (SSSR count). The van der Waals surface area contributed by atoms with Crippen LogP contribution in [0.25, 0.3) is 10.8 Å². The molecule has 110 valence electrons. The monoisotopic (exact) mass is 365 g/mol. The van der Waals surface area contributed by atoms with Gasteiger partial charge in [0.25, 0.3) is 5.91 Å². The molecule has 2 unspecified atom stereocenters. The van der Waals surface area contributed by atoms with Crippen LogP contribution < -0.4 is 0 Å². The standard InChI is InChI=1S/C17H17BrClNO/c1-11-6-7-20(10-16(11)19)17(21)14-3-2-13-9-15(18)5-4-12(13)8-14/h2-5,8-9,11,16H,6-7,10H2,1H3. The molecular formula is C17H17BrClNO. The number of fused-ring (bicyclic) bond motifs is 1. The Kier molecular flexibility index (Phi) is 4.23. The highest BCUT2D eigenvalue weighted by atomic mass is 79.9. The fourth-order valence-electron chi connectivity index (χ4n) is 2.74. The van der Waals surface area contributed by atoms with Crippen molar-refractivity contribution in [2.75, 3.05) is 13.1 Å². The van der Waals surface area contributed by atoms with Crippen LogP contribution in [0.1, 0.15) is 23.7 Å². The Bertz CT molecular complexity index is 688. The van der Waals surface area contributed by atoms with Gasteiger partial charge in [-0.25, -0.2) is 0 Å². The quantitative estimate of drug-likeness (QED) is 0.670. The molecule has 1 heterocycles. The largest absolute Gasteiger partial charge is 0.337 e. The van der Waals surface area contributed by atoms with E-state index in [1.165, 1.54) is 0 Å². The van der Waals surface area contributed by atoms with Gasteiger partial charge in [-0.05, 0) is 47.4 Å². The smallest absolute Gasteiger partial charge is 0.253 e. The minimum Gasteiger partial charge on any atom is -0.337 e. The zero-order valence-corrected chi connectivity index (χ0v) is 14.2. The average Bonchev–Trinajstić information content (AvgIpc) is 2.49. The summed E-state index contributed by atoms with van der Waals surface area (Å²) in [4.78, 5) is 14.5. The number of halogens is 2. The Morgan fingerprint density at radius 1 is 1.24 bits per heavy atom. The molecule has 0 saturated carbocycles. The zero-order valence-electron chi connectivity index (χ0n) is 11.9. The molecule has 1 saturated heterocycles.